The van der Waals surface area contributed by atoms with Crippen LogP contribution in [-0.2, 0) is 9.59 Å². The largest absolute Gasteiger partial charge is 0.506 e. The van der Waals surface area contributed by atoms with E-state index in [0.29, 0.717) is 0 Å². The molecule has 0 aromatic heterocycles. The third-order valence-electron chi connectivity index (χ3n) is 2.51. The standard InChI is InChI=1S/C11H9NO5/c13-8-2-1-6(11(16)17)5-7(8)12-9(14)3-4-10(12)15/h1-2,5,13H,3-4H2,(H,16,17). The van der Waals surface area contributed by atoms with E-state index in [0.717, 1.165) is 17.0 Å². The van der Waals surface area contributed by atoms with Gasteiger partial charge in [0.1, 0.15) is 5.75 Å². The van der Waals surface area contributed by atoms with Gasteiger partial charge >= 0.3 is 5.97 Å². The molecule has 0 radical (unpaired) electrons. The average Bonchev–Trinajstić information content (AvgIpc) is 2.59. The third kappa shape index (κ3) is 1.84. The minimum Gasteiger partial charge on any atom is -0.506 e. The summed E-state index contributed by atoms with van der Waals surface area (Å²) in [6.45, 7) is 0. The summed E-state index contributed by atoms with van der Waals surface area (Å²) in [6.07, 6.45) is 0.158. The van der Waals surface area contributed by atoms with E-state index in [1.165, 1.54) is 6.07 Å². The molecule has 1 aliphatic heterocycles. The van der Waals surface area contributed by atoms with Crippen LogP contribution >= 0.6 is 0 Å². The molecule has 0 saturated carbocycles. The van der Waals surface area contributed by atoms with Gasteiger partial charge in [-0.25, -0.2) is 9.69 Å². The summed E-state index contributed by atoms with van der Waals surface area (Å²) >= 11 is 0. The smallest absolute Gasteiger partial charge is 0.335 e. The second kappa shape index (κ2) is 3.89. The molecular weight excluding hydrogens is 226 g/mol. The van der Waals surface area contributed by atoms with Crippen LogP contribution in [0, 0.1) is 0 Å². The van der Waals surface area contributed by atoms with Crippen LogP contribution in [0.5, 0.6) is 5.75 Å². The molecule has 0 aliphatic carbocycles. The summed E-state index contributed by atoms with van der Waals surface area (Å²) < 4.78 is 0. The second-order valence-corrected chi connectivity index (χ2v) is 3.63. The zero-order chi connectivity index (χ0) is 12.6. The zero-order valence-corrected chi connectivity index (χ0v) is 8.71. The van der Waals surface area contributed by atoms with Crippen molar-refractivity contribution in [2.24, 2.45) is 0 Å². The number of carbonyl (C=O) groups excluding carboxylic acids is 2. The monoisotopic (exact) mass is 235 g/mol. The fraction of sp³-hybridized carbons (Fsp3) is 0.182. The summed E-state index contributed by atoms with van der Waals surface area (Å²) in [5, 5.41) is 18.4. The third-order valence-corrected chi connectivity index (χ3v) is 2.51. The number of hydrogen-bond acceptors (Lipinski definition) is 4. The summed E-state index contributed by atoms with van der Waals surface area (Å²) in [5.41, 5.74) is -0.164. The summed E-state index contributed by atoms with van der Waals surface area (Å²) in [5.74, 6) is -2.36. The van der Waals surface area contributed by atoms with E-state index in [1.807, 2.05) is 0 Å². The molecule has 1 aromatic carbocycles. The Balaban J connectivity index is 2.50. The minimum absolute atomic E-state index is 0.0719. The van der Waals surface area contributed by atoms with Crippen molar-refractivity contribution >= 4 is 23.5 Å². The molecule has 6 heteroatoms. The maximum Gasteiger partial charge on any atom is 0.335 e. The zero-order valence-electron chi connectivity index (χ0n) is 8.71. The summed E-state index contributed by atoms with van der Waals surface area (Å²) in [7, 11) is 0. The fourth-order valence-electron chi connectivity index (χ4n) is 1.68. The first-order valence-electron chi connectivity index (χ1n) is 4.93. The van der Waals surface area contributed by atoms with Crippen LogP contribution in [-0.4, -0.2) is 28.0 Å². The van der Waals surface area contributed by atoms with Gasteiger partial charge in [-0.15, -0.1) is 0 Å². The number of carboxylic acids is 1. The van der Waals surface area contributed by atoms with E-state index >= 15 is 0 Å². The van der Waals surface area contributed by atoms with Gasteiger partial charge in [-0.3, -0.25) is 9.59 Å². The van der Waals surface area contributed by atoms with E-state index in [2.05, 4.69) is 0 Å². The molecule has 1 fully saturated rings. The lowest BCUT2D eigenvalue weighted by Crippen LogP contribution is -2.28. The molecule has 0 spiro atoms. The Morgan fingerprint density at radius 1 is 1.18 bits per heavy atom. The molecule has 1 heterocycles. The molecule has 1 aliphatic rings. The van der Waals surface area contributed by atoms with E-state index in [9.17, 15) is 19.5 Å². The molecule has 2 rings (SSSR count). The molecule has 88 valence electrons. The van der Waals surface area contributed by atoms with Crippen molar-refractivity contribution in [2.45, 2.75) is 12.8 Å². The highest BCUT2D eigenvalue weighted by Crippen LogP contribution is 2.32. The number of nitrogens with zero attached hydrogens (tertiary/aromatic N) is 1. The Morgan fingerprint density at radius 3 is 2.29 bits per heavy atom. The van der Waals surface area contributed by atoms with Gasteiger partial charge in [0.2, 0.25) is 11.8 Å². The Morgan fingerprint density at radius 2 is 1.76 bits per heavy atom. The molecule has 2 N–H and O–H groups in total. The molecule has 0 bridgehead atoms. The van der Waals surface area contributed by atoms with E-state index in [1.54, 1.807) is 0 Å². The lowest BCUT2D eigenvalue weighted by Gasteiger charge is -2.15. The lowest BCUT2D eigenvalue weighted by atomic mass is 10.1. The van der Waals surface area contributed by atoms with Gasteiger partial charge in [0.15, 0.2) is 0 Å². The number of anilines is 1. The highest BCUT2D eigenvalue weighted by atomic mass is 16.4. The Bertz CT molecular complexity index is 507. The van der Waals surface area contributed by atoms with Gasteiger partial charge in [-0.1, -0.05) is 0 Å². The Hall–Kier alpha value is -2.37. The van der Waals surface area contributed by atoms with Gasteiger partial charge in [0.05, 0.1) is 11.3 Å². The van der Waals surface area contributed by atoms with Gasteiger partial charge < -0.3 is 10.2 Å². The number of aromatic carboxylic acids is 1. The lowest BCUT2D eigenvalue weighted by molar-refractivity contribution is -0.121. The van der Waals surface area contributed by atoms with E-state index < -0.39 is 17.8 Å². The SMILES string of the molecule is O=C(O)c1ccc(O)c(N2C(=O)CCC2=O)c1. The summed E-state index contributed by atoms with van der Waals surface area (Å²) in [4.78, 5) is 34.5. The van der Waals surface area contributed by atoms with Crippen LogP contribution in [0.4, 0.5) is 5.69 Å². The minimum atomic E-state index is -1.19. The first kappa shape index (κ1) is 11.1. The molecule has 17 heavy (non-hydrogen) atoms. The number of phenolic OH excluding ortho intramolecular Hbond substituents is 1. The maximum atomic E-state index is 11.5. The predicted molar refractivity (Wildman–Crippen MR) is 56.8 cm³/mol. The molecule has 0 atom stereocenters. The molecule has 6 nitrogen and oxygen atoms in total. The number of carboxylic acid groups (broad SMARTS) is 1. The van der Waals surface area contributed by atoms with Crippen LogP contribution in [0.3, 0.4) is 0 Å². The number of rotatable bonds is 2. The number of hydrogen-bond donors (Lipinski definition) is 2. The number of benzene rings is 1. The van der Waals surface area contributed by atoms with Crippen molar-refractivity contribution < 1.29 is 24.6 Å². The highest BCUT2D eigenvalue weighted by Gasteiger charge is 2.32. The van der Waals surface area contributed by atoms with Crippen molar-refractivity contribution in [3.8, 4) is 5.75 Å². The van der Waals surface area contributed by atoms with Crippen molar-refractivity contribution in [2.75, 3.05) is 4.90 Å². The van der Waals surface area contributed by atoms with Gasteiger partial charge in [-0.2, -0.15) is 0 Å². The Kier molecular flexibility index (Phi) is 2.55. The fourth-order valence-corrected chi connectivity index (χ4v) is 1.68. The first-order chi connectivity index (χ1) is 8.00. The van der Waals surface area contributed by atoms with E-state index in [4.69, 9.17) is 5.11 Å². The topological polar surface area (TPSA) is 94.9 Å². The quantitative estimate of drug-likeness (QED) is 0.737. The normalized spacial score (nSPS) is 15.4. The van der Waals surface area contributed by atoms with Crippen LogP contribution < -0.4 is 4.90 Å². The number of carbonyl (C=O) groups is 3. The van der Waals surface area contributed by atoms with Crippen LogP contribution in [0.1, 0.15) is 23.2 Å². The molecular formula is C11H9NO5. The second-order valence-electron chi connectivity index (χ2n) is 3.63. The van der Waals surface area contributed by atoms with Gasteiger partial charge in [0.25, 0.3) is 0 Å². The molecule has 2 amide bonds. The number of imide groups is 1. The number of aromatic hydroxyl groups is 1. The van der Waals surface area contributed by atoms with Crippen molar-refractivity contribution in [3.05, 3.63) is 23.8 Å². The number of amides is 2. The van der Waals surface area contributed by atoms with E-state index in [-0.39, 0.29) is 29.8 Å². The van der Waals surface area contributed by atoms with Crippen LogP contribution in [0.2, 0.25) is 0 Å². The first-order valence-corrected chi connectivity index (χ1v) is 4.93. The van der Waals surface area contributed by atoms with Crippen molar-refractivity contribution in [1.29, 1.82) is 0 Å². The number of phenols is 1. The van der Waals surface area contributed by atoms with Crippen molar-refractivity contribution in [1.82, 2.24) is 0 Å². The molecule has 1 saturated heterocycles. The van der Waals surface area contributed by atoms with Crippen LogP contribution in [0.15, 0.2) is 18.2 Å². The van der Waals surface area contributed by atoms with Crippen LogP contribution in [0.25, 0.3) is 0 Å². The maximum absolute atomic E-state index is 11.5. The molecule has 0 unspecified atom stereocenters. The highest BCUT2D eigenvalue weighted by molar-refractivity contribution is 6.20. The molecule has 1 aromatic rings. The summed E-state index contributed by atoms with van der Waals surface area (Å²) in [6, 6.07) is 3.46. The van der Waals surface area contributed by atoms with Gasteiger partial charge in [-0.05, 0) is 18.2 Å². The predicted octanol–water partition coefficient (Wildman–Crippen LogP) is 0.744. The Labute approximate surface area is 96.1 Å². The van der Waals surface area contributed by atoms with Crippen molar-refractivity contribution in [3.63, 3.8) is 0 Å². The van der Waals surface area contributed by atoms with Gasteiger partial charge in [0, 0.05) is 12.8 Å². The average molecular weight is 235 g/mol.